The first-order valence-corrected chi connectivity index (χ1v) is 3.31. The Kier molecular flexibility index (Phi) is 19.6. The highest BCUT2D eigenvalue weighted by molar-refractivity contribution is 4.96. The second-order valence-corrected chi connectivity index (χ2v) is 1.48. The zero-order valence-corrected chi connectivity index (χ0v) is 6.43. The predicted molar refractivity (Wildman–Crippen MR) is 44.4 cm³/mol. The van der Waals surface area contributed by atoms with Crippen molar-refractivity contribution >= 4 is 0 Å². The zero-order chi connectivity index (χ0) is 7.54. The third-order valence-electron chi connectivity index (χ3n) is 0.508. The highest BCUT2D eigenvalue weighted by Crippen LogP contribution is 1.76. The van der Waals surface area contributed by atoms with Crippen molar-refractivity contribution in [2.24, 2.45) is 5.73 Å². The van der Waals surface area contributed by atoms with Crippen LogP contribution in [0.25, 0.3) is 0 Å². The lowest BCUT2D eigenvalue weighted by Crippen LogP contribution is -1.87. The van der Waals surface area contributed by atoms with Crippen molar-refractivity contribution in [1.82, 2.24) is 0 Å². The molecule has 0 aromatic carbocycles. The quantitative estimate of drug-likeness (QED) is 0.565. The van der Waals surface area contributed by atoms with Crippen molar-refractivity contribution in [2.75, 3.05) is 6.54 Å². The minimum atomic E-state index is 0.750. The Morgan fingerprint density at radius 1 is 1.44 bits per heavy atom. The molecule has 0 heterocycles. The molecule has 0 aromatic rings. The average Bonchev–Trinajstić information content (AvgIpc) is 1.86. The van der Waals surface area contributed by atoms with E-state index in [2.05, 4.69) is 19.6 Å². The first-order chi connectivity index (χ1) is 4.33. The summed E-state index contributed by atoms with van der Waals surface area (Å²) in [4.78, 5) is 0. The van der Waals surface area contributed by atoms with Crippen LogP contribution in [0.3, 0.4) is 0 Å². The molecule has 0 aliphatic carbocycles. The van der Waals surface area contributed by atoms with Gasteiger partial charge in [-0.15, -0.1) is 0 Å². The van der Waals surface area contributed by atoms with Crippen molar-refractivity contribution in [2.45, 2.75) is 20.3 Å². The molecular formula is C8H17N. The van der Waals surface area contributed by atoms with E-state index in [0.717, 1.165) is 13.0 Å². The highest BCUT2D eigenvalue weighted by atomic mass is 14.5. The molecule has 0 saturated heterocycles. The molecule has 0 radical (unpaired) electrons. The van der Waals surface area contributed by atoms with Gasteiger partial charge in [-0.1, -0.05) is 38.7 Å². The fourth-order valence-corrected chi connectivity index (χ4v) is 0.232. The van der Waals surface area contributed by atoms with Crippen molar-refractivity contribution < 1.29 is 0 Å². The average molecular weight is 127 g/mol. The third kappa shape index (κ3) is 37.0. The van der Waals surface area contributed by atoms with Gasteiger partial charge in [-0.2, -0.15) is 0 Å². The zero-order valence-electron chi connectivity index (χ0n) is 6.43. The summed E-state index contributed by atoms with van der Waals surface area (Å²) >= 11 is 0. The van der Waals surface area contributed by atoms with Crippen LogP contribution in [-0.2, 0) is 0 Å². The minimum absolute atomic E-state index is 0.750. The first kappa shape index (κ1) is 11.3. The van der Waals surface area contributed by atoms with Crippen molar-refractivity contribution in [3.05, 3.63) is 24.8 Å². The number of hydrogen-bond acceptors (Lipinski definition) is 1. The second kappa shape index (κ2) is 15.7. The van der Waals surface area contributed by atoms with Gasteiger partial charge in [0.05, 0.1) is 0 Å². The summed E-state index contributed by atoms with van der Waals surface area (Å²) in [7, 11) is 0. The van der Waals surface area contributed by atoms with E-state index in [1.807, 2.05) is 13.0 Å². The molecular weight excluding hydrogens is 110 g/mol. The van der Waals surface area contributed by atoms with Crippen LogP contribution in [-0.4, -0.2) is 6.54 Å². The molecule has 0 saturated carbocycles. The molecule has 0 amide bonds. The summed E-state index contributed by atoms with van der Waals surface area (Å²) < 4.78 is 0. The number of nitrogens with two attached hydrogens (primary N) is 1. The van der Waals surface area contributed by atoms with Gasteiger partial charge in [-0.3, -0.25) is 0 Å². The molecule has 54 valence electrons. The second-order valence-electron chi connectivity index (χ2n) is 1.48. The SMILES string of the molecule is C=C/C=C\CC.CCN. The lowest BCUT2D eigenvalue weighted by Gasteiger charge is -1.67. The van der Waals surface area contributed by atoms with Gasteiger partial charge >= 0.3 is 0 Å². The van der Waals surface area contributed by atoms with E-state index in [0.29, 0.717) is 0 Å². The summed E-state index contributed by atoms with van der Waals surface area (Å²) in [6.07, 6.45) is 6.89. The molecule has 0 aliphatic rings. The Morgan fingerprint density at radius 3 is 2.00 bits per heavy atom. The maximum atomic E-state index is 4.85. The molecule has 0 bridgehead atoms. The highest BCUT2D eigenvalue weighted by Gasteiger charge is 1.55. The third-order valence-corrected chi connectivity index (χ3v) is 0.508. The molecule has 9 heavy (non-hydrogen) atoms. The van der Waals surface area contributed by atoms with Gasteiger partial charge < -0.3 is 5.73 Å². The van der Waals surface area contributed by atoms with Gasteiger partial charge in [0, 0.05) is 0 Å². The fraction of sp³-hybridized carbons (Fsp3) is 0.500. The first-order valence-electron chi connectivity index (χ1n) is 3.31. The summed E-state index contributed by atoms with van der Waals surface area (Å²) in [5, 5.41) is 0. The minimum Gasteiger partial charge on any atom is -0.331 e. The van der Waals surface area contributed by atoms with Gasteiger partial charge in [0.1, 0.15) is 0 Å². The van der Waals surface area contributed by atoms with Crippen LogP contribution in [0.2, 0.25) is 0 Å². The van der Waals surface area contributed by atoms with Crippen LogP contribution in [0.4, 0.5) is 0 Å². The molecule has 0 aromatic heterocycles. The van der Waals surface area contributed by atoms with Gasteiger partial charge in [0.15, 0.2) is 0 Å². The van der Waals surface area contributed by atoms with Crippen molar-refractivity contribution in [3.63, 3.8) is 0 Å². The van der Waals surface area contributed by atoms with Crippen molar-refractivity contribution in [1.29, 1.82) is 0 Å². The van der Waals surface area contributed by atoms with Crippen LogP contribution in [0.5, 0.6) is 0 Å². The van der Waals surface area contributed by atoms with Crippen LogP contribution < -0.4 is 5.73 Å². The van der Waals surface area contributed by atoms with E-state index in [1.165, 1.54) is 0 Å². The van der Waals surface area contributed by atoms with Crippen LogP contribution in [0, 0.1) is 0 Å². The molecule has 0 rings (SSSR count). The maximum absolute atomic E-state index is 4.85. The van der Waals surface area contributed by atoms with Crippen LogP contribution >= 0.6 is 0 Å². The molecule has 0 fully saturated rings. The lowest BCUT2D eigenvalue weighted by atomic mass is 10.4. The van der Waals surface area contributed by atoms with Gasteiger partial charge in [-0.25, -0.2) is 0 Å². The Morgan fingerprint density at radius 2 is 1.89 bits per heavy atom. The monoisotopic (exact) mass is 127 g/mol. The van der Waals surface area contributed by atoms with Gasteiger partial charge in [0.25, 0.3) is 0 Å². The summed E-state index contributed by atoms with van der Waals surface area (Å²) in [5.41, 5.74) is 4.85. The lowest BCUT2D eigenvalue weighted by molar-refractivity contribution is 1.14. The molecule has 0 atom stereocenters. The van der Waals surface area contributed by atoms with E-state index in [4.69, 9.17) is 5.73 Å². The molecule has 0 spiro atoms. The largest absolute Gasteiger partial charge is 0.331 e. The summed E-state index contributed by atoms with van der Waals surface area (Å²) in [6.45, 7) is 8.26. The Bertz CT molecular complexity index is 65.0. The standard InChI is InChI=1S/C6H10.C2H7N/c1-3-5-6-4-2;1-2-3/h3,5-6H,1,4H2,2H3;2-3H2,1H3/b6-5-;. The van der Waals surface area contributed by atoms with Crippen LogP contribution in [0.15, 0.2) is 24.8 Å². The topological polar surface area (TPSA) is 26.0 Å². The summed E-state index contributed by atoms with van der Waals surface area (Å²) in [6, 6.07) is 0. The molecule has 0 aliphatic heterocycles. The van der Waals surface area contributed by atoms with Crippen LogP contribution in [0.1, 0.15) is 20.3 Å². The molecule has 0 unspecified atom stereocenters. The Hall–Kier alpha value is -0.560. The number of rotatable bonds is 2. The maximum Gasteiger partial charge on any atom is -0.0106 e. The van der Waals surface area contributed by atoms with E-state index < -0.39 is 0 Å². The number of allylic oxidation sites excluding steroid dienone is 3. The Balaban J connectivity index is 0. The van der Waals surface area contributed by atoms with E-state index in [-0.39, 0.29) is 0 Å². The molecule has 1 heteroatoms. The van der Waals surface area contributed by atoms with Gasteiger partial charge in [-0.05, 0) is 13.0 Å². The molecule has 2 N–H and O–H groups in total. The molecule has 1 nitrogen and oxygen atoms in total. The van der Waals surface area contributed by atoms with Gasteiger partial charge in [0.2, 0.25) is 0 Å². The van der Waals surface area contributed by atoms with E-state index in [9.17, 15) is 0 Å². The summed E-state index contributed by atoms with van der Waals surface area (Å²) in [5.74, 6) is 0. The normalized spacial score (nSPS) is 8.33. The Labute approximate surface area is 58.3 Å². The number of hydrogen-bond donors (Lipinski definition) is 1. The van der Waals surface area contributed by atoms with E-state index in [1.54, 1.807) is 6.08 Å². The van der Waals surface area contributed by atoms with Crippen molar-refractivity contribution in [3.8, 4) is 0 Å². The smallest absolute Gasteiger partial charge is 0.0106 e. The van der Waals surface area contributed by atoms with E-state index >= 15 is 0 Å². The fourth-order valence-electron chi connectivity index (χ4n) is 0.232. The predicted octanol–water partition coefficient (Wildman–Crippen LogP) is 2.10.